The first kappa shape index (κ1) is 7.69. The number of hydrogen-bond acceptors (Lipinski definition) is 2. The lowest BCUT2D eigenvalue weighted by atomic mass is 10.3. The molecule has 0 unspecified atom stereocenters. The number of rotatable bonds is 1. The number of aldehydes is 1. The van der Waals surface area contributed by atoms with Crippen molar-refractivity contribution in [1.82, 2.24) is 4.98 Å². The number of nitrogens with zero attached hydrogens (tertiary/aromatic N) is 1. The second-order valence-corrected chi connectivity index (χ2v) is 2.77. The molecule has 52 valence electrons. The third-order valence-electron chi connectivity index (χ3n) is 0.971. The topological polar surface area (TPSA) is 30.0 Å². The predicted octanol–water partition coefficient (Wildman–Crippen LogP) is 2.31. The van der Waals surface area contributed by atoms with Crippen molar-refractivity contribution in [1.29, 1.82) is 0 Å². The molecule has 0 radical (unpaired) electrons. The van der Waals surface area contributed by atoms with Crippen molar-refractivity contribution in [3.05, 3.63) is 27.5 Å². The van der Waals surface area contributed by atoms with Crippen molar-refractivity contribution in [3.63, 3.8) is 0 Å². The second-order valence-electron chi connectivity index (χ2n) is 1.63. The summed E-state index contributed by atoms with van der Waals surface area (Å²) in [5.74, 6) is 0. The van der Waals surface area contributed by atoms with E-state index in [-0.39, 0.29) is 0 Å². The van der Waals surface area contributed by atoms with E-state index in [9.17, 15) is 4.79 Å². The first-order valence-corrected chi connectivity index (χ1v) is 3.68. The van der Waals surface area contributed by atoms with E-state index in [0.717, 1.165) is 0 Å². The molecule has 0 aliphatic carbocycles. The van der Waals surface area contributed by atoms with Crippen LogP contribution in [0, 0.1) is 0 Å². The van der Waals surface area contributed by atoms with Crippen LogP contribution >= 0.6 is 27.5 Å². The summed E-state index contributed by atoms with van der Waals surface area (Å²) in [5.41, 5.74) is 0.504. The van der Waals surface area contributed by atoms with Crippen LogP contribution in [0.5, 0.6) is 0 Å². The molecule has 0 fully saturated rings. The Bertz CT molecular complexity index is 264. The third-order valence-corrected chi connectivity index (χ3v) is 1.82. The zero-order chi connectivity index (χ0) is 7.56. The molecule has 0 spiro atoms. The zero-order valence-corrected chi connectivity index (χ0v) is 7.19. The van der Waals surface area contributed by atoms with Crippen LogP contribution in [0.2, 0.25) is 5.15 Å². The van der Waals surface area contributed by atoms with Gasteiger partial charge in [-0.1, -0.05) is 11.6 Å². The summed E-state index contributed by atoms with van der Waals surface area (Å²) in [5, 5.41) is 0.373. The first-order chi connectivity index (χ1) is 4.74. The summed E-state index contributed by atoms with van der Waals surface area (Å²) in [7, 11) is 0. The van der Waals surface area contributed by atoms with E-state index in [1.807, 2.05) is 0 Å². The molecule has 1 aromatic heterocycles. The van der Waals surface area contributed by atoms with Crippen molar-refractivity contribution < 1.29 is 4.79 Å². The highest BCUT2D eigenvalue weighted by molar-refractivity contribution is 9.10. The van der Waals surface area contributed by atoms with E-state index in [2.05, 4.69) is 20.9 Å². The Balaban J connectivity index is 3.19. The molecule has 0 amide bonds. The van der Waals surface area contributed by atoms with E-state index in [1.54, 1.807) is 12.1 Å². The standard InChI is InChI=1S/C6H3BrClNO/c7-6-4(3-10)1-2-5(8)9-6/h1-3H. The molecule has 0 N–H and O–H groups in total. The van der Waals surface area contributed by atoms with Crippen molar-refractivity contribution in [2.75, 3.05) is 0 Å². The van der Waals surface area contributed by atoms with Crippen LogP contribution in [-0.2, 0) is 0 Å². The minimum atomic E-state index is 0.373. The van der Waals surface area contributed by atoms with Gasteiger partial charge in [0.1, 0.15) is 9.76 Å². The molecule has 0 saturated carbocycles. The van der Waals surface area contributed by atoms with Gasteiger partial charge in [-0.2, -0.15) is 0 Å². The Kier molecular flexibility index (Phi) is 2.40. The highest BCUT2D eigenvalue weighted by Gasteiger charge is 1.98. The monoisotopic (exact) mass is 219 g/mol. The first-order valence-electron chi connectivity index (χ1n) is 2.51. The van der Waals surface area contributed by atoms with E-state index in [4.69, 9.17) is 11.6 Å². The Labute approximate surface area is 71.3 Å². The quantitative estimate of drug-likeness (QED) is 0.537. The lowest BCUT2D eigenvalue weighted by Gasteiger charge is -1.93. The number of carbonyl (C=O) groups excluding carboxylic acids is 1. The minimum Gasteiger partial charge on any atom is -0.298 e. The van der Waals surface area contributed by atoms with E-state index >= 15 is 0 Å². The van der Waals surface area contributed by atoms with E-state index in [0.29, 0.717) is 21.6 Å². The van der Waals surface area contributed by atoms with Gasteiger partial charge >= 0.3 is 0 Å². The van der Waals surface area contributed by atoms with Gasteiger partial charge < -0.3 is 0 Å². The zero-order valence-electron chi connectivity index (χ0n) is 4.84. The van der Waals surface area contributed by atoms with E-state index < -0.39 is 0 Å². The molecule has 1 rings (SSSR count). The molecular formula is C6H3BrClNO. The average molecular weight is 220 g/mol. The molecular weight excluding hydrogens is 217 g/mol. The summed E-state index contributed by atoms with van der Waals surface area (Å²) in [6, 6.07) is 3.17. The Morgan fingerprint density at radius 2 is 2.30 bits per heavy atom. The van der Waals surface area contributed by atoms with Crippen molar-refractivity contribution >= 4 is 33.8 Å². The molecule has 0 aliphatic rings. The summed E-state index contributed by atoms with van der Waals surface area (Å²) >= 11 is 8.60. The fraction of sp³-hybridized carbons (Fsp3) is 0. The van der Waals surface area contributed by atoms with Crippen LogP contribution in [0.3, 0.4) is 0 Å². The fourth-order valence-corrected chi connectivity index (χ4v) is 1.18. The summed E-state index contributed by atoms with van der Waals surface area (Å²) in [4.78, 5) is 14.0. The van der Waals surface area contributed by atoms with Crippen LogP contribution in [0.4, 0.5) is 0 Å². The summed E-state index contributed by atoms with van der Waals surface area (Å²) < 4.78 is 0.481. The maximum absolute atomic E-state index is 10.2. The number of pyridine rings is 1. The van der Waals surface area contributed by atoms with Crippen molar-refractivity contribution in [3.8, 4) is 0 Å². The smallest absolute Gasteiger partial charge is 0.152 e. The third kappa shape index (κ3) is 1.55. The van der Waals surface area contributed by atoms with E-state index in [1.165, 1.54) is 0 Å². The number of carbonyl (C=O) groups is 1. The van der Waals surface area contributed by atoms with Gasteiger partial charge in [-0.05, 0) is 28.1 Å². The highest BCUT2D eigenvalue weighted by atomic mass is 79.9. The maximum atomic E-state index is 10.2. The Hall–Kier alpha value is -0.410. The molecule has 0 aromatic carbocycles. The molecule has 0 aliphatic heterocycles. The largest absolute Gasteiger partial charge is 0.298 e. The molecule has 0 saturated heterocycles. The molecule has 2 nitrogen and oxygen atoms in total. The van der Waals surface area contributed by atoms with Gasteiger partial charge in [-0.15, -0.1) is 0 Å². The number of halogens is 2. The van der Waals surface area contributed by atoms with Crippen LogP contribution in [-0.4, -0.2) is 11.3 Å². The molecule has 0 bridgehead atoms. The molecule has 10 heavy (non-hydrogen) atoms. The van der Waals surface area contributed by atoms with Gasteiger partial charge in [-0.3, -0.25) is 4.79 Å². The van der Waals surface area contributed by atoms with Crippen molar-refractivity contribution in [2.45, 2.75) is 0 Å². The molecule has 1 heterocycles. The van der Waals surface area contributed by atoms with Gasteiger partial charge in [0.2, 0.25) is 0 Å². The van der Waals surface area contributed by atoms with Gasteiger partial charge in [0.05, 0.1) is 0 Å². The lowest BCUT2D eigenvalue weighted by molar-refractivity contribution is 0.112. The Morgan fingerprint density at radius 1 is 1.60 bits per heavy atom. The molecule has 0 atom stereocenters. The predicted molar refractivity (Wildman–Crippen MR) is 42.3 cm³/mol. The van der Waals surface area contributed by atoms with Gasteiger partial charge in [-0.25, -0.2) is 4.98 Å². The van der Waals surface area contributed by atoms with Crippen LogP contribution in [0.25, 0.3) is 0 Å². The van der Waals surface area contributed by atoms with Crippen molar-refractivity contribution in [2.24, 2.45) is 0 Å². The summed E-state index contributed by atoms with van der Waals surface area (Å²) in [6.07, 6.45) is 0.716. The molecule has 1 aromatic rings. The normalized spacial score (nSPS) is 9.40. The van der Waals surface area contributed by atoms with Gasteiger partial charge in [0.15, 0.2) is 6.29 Å². The van der Waals surface area contributed by atoms with Crippen LogP contribution < -0.4 is 0 Å². The fourth-order valence-electron chi connectivity index (χ4n) is 0.511. The SMILES string of the molecule is O=Cc1ccc(Cl)nc1Br. The average Bonchev–Trinajstić information content (AvgIpc) is 1.88. The molecule has 4 heteroatoms. The van der Waals surface area contributed by atoms with Gasteiger partial charge in [0.25, 0.3) is 0 Å². The van der Waals surface area contributed by atoms with Gasteiger partial charge in [0, 0.05) is 5.56 Å². The second kappa shape index (κ2) is 3.12. The summed E-state index contributed by atoms with van der Waals surface area (Å²) in [6.45, 7) is 0. The maximum Gasteiger partial charge on any atom is 0.152 e. The van der Waals surface area contributed by atoms with Crippen LogP contribution in [0.15, 0.2) is 16.7 Å². The van der Waals surface area contributed by atoms with Crippen LogP contribution in [0.1, 0.15) is 10.4 Å². The minimum absolute atomic E-state index is 0.373. The highest BCUT2D eigenvalue weighted by Crippen LogP contribution is 2.14. The Morgan fingerprint density at radius 3 is 2.80 bits per heavy atom. The number of aromatic nitrogens is 1. The lowest BCUT2D eigenvalue weighted by Crippen LogP contribution is -1.85. The number of hydrogen-bond donors (Lipinski definition) is 0.